The molecule has 2 heterocycles. The van der Waals surface area contributed by atoms with Crippen LogP contribution in [0, 0.1) is 0 Å². The number of carbonyl (C=O) groups is 3. The first-order valence-electron chi connectivity index (χ1n) is 11.5. The number of hydrogen-bond acceptors (Lipinski definition) is 5. The summed E-state index contributed by atoms with van der Waals surface area (Å²) >= 11 is 0. The number of pyridine rings is 1. The first-order valence-corrected chi connectivity index (χ1v) is 11.5. The van der Waals surface area contributed by atoms with E-state index in [-0.39, 0.29) is 44.2 Å². The van der Waals surface area contributed by atoms with Crippen LogP contribution in [0.1, 0.15) is 26.3 Å². The molecule has 0 bridgehead atoms. The molecule has 1 saturated heterocycles. The average molecular weight is 512 g/mol. The average Bonchev–Trinajstić information content (AvgIpc) is 2.92. The van der Waals surface area contributed by atoms with Gasteiger partial charge >= 0.3 is 6.18 Å². The Labute approximate surface area is 211 Å². The minimum atomic E-state index is -4.64. The number of hydrogen-bond donors (Lipinski definition) is 2. The number of para-hydroxylation sites is 1. The summed E-state index contributed by atoms with van der Waals surface area (Å²) in [6, 6.07) is 17.3. The number of alkyl halides is 3. The highest BCUT2D eigenvalue weighted by atomic mass is 19.4. The Morgan fingerprint density at radius 2 is 1.49 bits per heavy atom. The number of anilines is 2. The van der Waals surface area contributed by atoms with Crippen LogP contribution in [-0.4, -0.2) is 65.2 Å². The summed E-state index contributed by atoms with van der Waals surface area (Å²) in [5.41, 5.74) is -0.269. The van der Waals surface area contributed by atoms with E-state index < -0.39 is 29.1 Å². The lowest BCUT2D eigenvalue weighted by Crippen LogP contribution is -2.52. The van der Waals surface area contributed by atoms with Gasteiger partial charge in [0.25, 0.3) is 11.8 Å². The number of aromatic nitrogens is 1. The molecule has 8 nitrogen and oxygen atoms in total. The van der Waals surface area contributed by atoms with Crippen molar-refractivity contribution in [2.45, 2.75) is 6.18 Å². The highest BCUT2D eigenvalue weighted by Crippen LogP contribution is 2.32. The number of rotatable bonds is 6. The molecule has 0 saturated carbocycles. The predicted molar refractivity (Wildman–Crippen MR) is 130 cm³/mol. The number of piperazine rings is 1. The molecule has 1 aromatic heterocycles. The van der Waals surface area contributed by atoms with E-state index in [0.717, 1.165) is 17.8 Å². The lowest BCUT2D eigenvalue weighted by atomic mass is 10.1. The van der Waals surface area contributed by atoms with E-state index in [9.17, 15) is 27.6 Å². The smallest absolute Gasteiger partial charge is 0.343 e. The van der Waals surface area contributed by atoms with Crippen LogP contribution in [0.5, 0.6) is 0 Å². The molecule has 0 atom stereocenters. The summed E-state index contributed by atoms with van der Waals surface area (Å²) in [6.45, 7) is 0.217. The summed E-state index contributed by atoms with van der Waals surface area (Å²) in [5, 5.41) is 5.66. The highest BCUT2D eigenvalue weighted by Gasteiger charge is 2.36. The van der Waals surface area contributed by atoms with Gasteiger partial charge in [-0.15, -0.1) is 0 Å². The summed E-state index contributed by atoms with van der Waals surface area (Å²) in [5.74, 6) is -0.994. The topological polar surface area (TPSA) is 94.6 Å². The third-order valence-corrected chi connectivity index (χ3v) is 5.85. The SMILES string of the molecule is O=C(NCC(=O)N1CCN(C(=O)c2ccccc2C(F)(F)F)CC1)c1ccc(Nc2ccccc2)nc1. The fourth-order valence-electron chi connectivity index (χ4n) is 3.89. The lowest BCUT2D eigenvalue weighted by molar-refractivity contribution is -0.138. The van der Waals surface area contributed by atoms with Crippen molar-refractivity contribution >= 4 is 29.2 Å². The largest absolute Gasteiger partial charge is 0.417 e. The van der Waals surface area contributed by atoms with Gasteiger partial charge in [0.15, 0.2) is 0 Å². The van der Waals surface area contributed by atoms with Crippen LogP contribution >= 0.6 is 0 Å². The molecule has 1 aliphatic heterocycles. The molecule has 37 heavy (non-hydrogen) atoms. The van der Waals surface area contributed by atoms with Crippen molar-refractivity contribution in [3.63, 3.8) is 0 Å². The summed E-state index contributed by atoms with van der Waals surface area (Å²) < 4.78 is 39.8. The number of halogens is 3. The molecule has 2 N–H and O–H groups in total. The zero-order chi connectivity index (χ0) is 26.4. The third kappa shape index (κ3) is 6.43. The maximum Gasteiger partial charge on any atom is 0.417 e. The molecule has 11 heteroatoms. The Kier molecular flexibility index (Phi) is 7.71. The molecule has 2 aromatic carbocycles. The van der Waals surface area contributed by atoms with Gasteiger partial charge in [0.1, 0.15) is 5.82 Å². The molecule has 4 rings (SSSR count). The minimum absolute atomic E-state index is 0.0878. The molecule has 3 aromatic rings. The van der Waals surface area contributed by atoms with Gasteiger partial charge in [-0.25, -0.2) is 4.98 Å². The van der Waals surface area contributed by atoms with Crippen LogP contribution in [0.15, 0.2) is 72.9 Å². The molecule has 1 aliphatic rings. The number of nitrogens with one attached hydrogen (secondary N) is 2. The van der Waals surface area contributed by atoms with E-state index in [2.05, 4.69) is 15.6 Å². The van der Waals surface area contributed by atoms with Crippen molar-refractivity contribution < 1.29 is 27.6 Å². The zero-order valence-corrected chi connectivity index (χ0v) is 19.7. The number of benzene rings is 2. The van der Waals surface area contributed by atoms with Crippen LogP contribution in [0.3, 0.4) is 0 Å². The van der Waals surface area contributed by atoms with Gasteiger partial charge in [-0.2, -0.15) is 13.2 Å². The van der Waals surface area contributed by atoms with Gasteiger partial charge in [-0.3, -0.25) is 14.4 Å². The molecular weight excluding hydrogens is 487 g/mol. The van der Waals surface area contributed by atoms with E-state index in [4.69, 9.17) is 0 Å². The van der Waals surface area contributed by atoms with Gasteiger partial charge in [0.05, 0.1) is 23.2 Å². The molecule has 0 spiro atoms. The quantitative estimate of drug-likeness (QED) is 0.528. The molecule has 0 radical (unpaired) electrons. The second kappa shape index (κ2) is 11.1. The predicted octanol–water partition coefficient (Wildman–Crippen LogP) is 3.56. The van der Waals surface area contributed by atoms with Crippen molar-refractivity contribution in [2.75, 3.05) is 38.0 Å². The molecule has 192 valence electrons. The van der Waals surface area contributed by atoms with Crippen LogP contribution in [-0.2, 0) is 11.0 Å². The van der Waals surface area contributed by atoms with E-state index >= 15 is 0 Å². The van der Waals surface area contributed by atoms with Crippen LogP contribution < -0.4 is 10.6 Å². The lowest BCUT2D eigenvalue weighted by Gasteiger charge is -2.35. The zero-order valence-electron chi connectivity index (χ0n) is 19.7. The van der Waals surface area contributed by atoms with Crippen molar-refractivity contribution in [2.24, 2.45) is 0 Å². The summed E-state index contributed by atoms with van der Waals surface area (Å²) in [4.78, 5) is 44.6. The second-order valence-corrected chi connectivity index (χ2v) is 8.32. The normalized spacial score (nSPS) is 13.7. The van der Waals surface area contributed by atoms with Crippen molar-refractivity contribution in [1.29, 1.82) is 0 Å². The van der Waals surface area contributed by atoms with Gasteiger partial charge in [0, 0.05) is 38.1 Å². The van der Waals surface area contributed by atoms with Crippen LogP contribution in [0.4, 0.5) is 24.7 Å². The number of carbonyl (C=O) groups excluding carboxylic acids is 3. The van der Waals surface area contributed by atoms with E-state index in [1.807, 2.05) is 30.3 Å². The maximum atomic E-state index is 13.3. The molecular formula is C26H24F3N5O3. The second-order valence-electron chi connectivity index (χ2n) is 8.32. The number of amides is 3. The summed E-state index contributed by atoms with van der Waals surface area (Å²) in [7, 11) is 0. The molecule has 0 aliphatic carbocycles. The summed E-state index contributed by atoms with van der Waals surface area (Å²) in [6.07, 6.45) is -3.25. The van der Waals surface area contributed by atoms with Crippen molar-refractivity contribution in [1.82, 2.24) is 20.1 Å². The molecule has 1 fully saturated rings. The van der Waals surface area contributed by atoms with E-state index in [0.29, 0.717) is 5.82 Å². The van der Waals surface area contributed by atoms with E-state index in [1.165, 1.54) is 28.1 Å². The monoisotopic (exact) mass is 511 g/mol. The Bertz CT molecular complexity index is 1260. The van der Waals surface area contributed by atoms with Crippen LogP contribution in [0.2, 0.25) is 0 Å². The fraction of sp³-hybridized carbons (Fsp3) is 0.231. The maximum absolute atomic E-state index is 13.3. The van der Waals surface area contributed by atoms with Crippen molar-refractivity contribution in [3.8, 4) is 0 Å². The Hall–Kier alpha value is -4.41. The minimum Gasteiger partial charge on any atom is -0.343 e. The Morgan fingerprint density at radius 3 is 2.14 bits per heavy atom. The van der Waals surface area contributed by atoms with Gasteiger partial charge in [-0.1, -0.05) is 30.3 Å². The standard InChI is InChI=1S/C26H24F3N5O3/c27-26(28,29)21-9-5-4-8-20(21)25(37)34-14-12-33(13-15-34)23(35)17-31-24(36)18-10-11-22(30-16-18)32-19-6-2-1-3-7-19/h1-11,16H,12-15,17H2,(H,30,32)(H,31,36). The first-order chi connectivity index (χ1) is 17.7. The highest BCUT2D eigenvalue weighted by molar-refractivity contribution is 5.97. The van der Waals surface area contributed by atoms with Crippen LogP contribution in [0.25, 0.3) is 0 Å². The van der Waals surface area contributed by atoms with Gasteiger partial charge in [-0.05, 0) is 36.4 Å². The molecule has 0 unspecified atom stereocenters. The molecule has 3 amide bonds. The van der Waals surface area contributed by atoms with Gasteiger partial charge in [0.2, 0.25) is 5.91 Å². The third-order valence-electron chi connectivity index (χ3n) is 5.85. The fourth-order valence-corrected chi connectivity index (χ4v) is 3.89. The Balaban J connectivity index is 1.26. The van der Waals surface area contributed by atoms with E-state index in [1.54, 1.807) is 12.1 Å². The first kappa shape index (κ1) is 25.7. The van der Waals surface area contributed by atoms with Gasteiger partial charge < -0.3 is 20.4 Å². The Morgan fingerprint density at radius 1 is 0.838 bits per heavy atom. The van der Waals surface area contributed by atoms with Crippen molar-refractivity contribution in [3.05, 3.63) is 89.6 Å². The number of nitrogens with zero attached hydrogens (tertiary/aromatic N) is 3.